The lowest BCUT2D eigenvalue weighted by Gasteiger charge is -2.41. The Balaban J connectivity index is 2.92. The van der Waals surface area contributed by atoms with E-state index in [4.69, 9.17) is 15.2 Å². The molecule has 0 aliphatic carbocycles. The van der Waals surface area contributed by atoms with Gasteiger partial charge in [0.05, 0.1) is 16.8 Å². The van der Waals surface area contributed by atoms with Gasteiger partial charge in [-0.05, 0) is 54.4 Å². The minimum absolute atomic E-state index is 0.000718. The molecule has 1 heterocycles. The van der Waals surface area contributed by atoms with Gasteiger partial charge < -0.3 is 15.2 Å². The molecule has 3 atom stereocenters. The molecule has 0 spiro atoms. The molecular formula is C15H31NO2. The van der Waals surface area contributed by atoms with Gasteiger partial charge in [0.25, 0.3) is 0 Å². The van der Waals surface area contributed by atoms with Gasteiger partial charge in [0, 0.05) is 18.6 Å². The number of nitrogens with two attached hydrogens (primary N) is 1. The van der Waals surface area contributed by atoms with E-state index in [1.54, 1.807) is 0 Å². The average Bonchev–Trinajstić information content (AvgIpc) is 2.45. The summed E-state index contributed by atoms with van der Waals surface area (Å²) in [6.45, 7) is 15.6. The van der Waals surface area contributed by atoms with Crippen LogP contribution >= 0.6 is 0 Å². The van der Waals surface area contributed by atoms with Gasteiger partial charge in [0.15, 0.2) is 0 Å². The van der Waals surface area contributed by atoms with Crippen LogP contribution in [-0.4, -0.2) is 29.5 Å². The molecule has 1 saturated heterocycles. The summed E-state index contributed by atoms with van der Waals surface area (Å²) in [7, 11) is 0. The molecule has 0 aromatic heterocycles. The number of hydrogen-bond acceptors (Lipinski definition) is 3. The predicted molar refractivity (Wildman–Crippen MR) is 75.6 cm³/mol. The fraction of sp³-hybridized carbons (Fsp3) is 1.00. The molecule has 3 heteroatoms. The second-order valence-corrected chi connectivity index (χ2v) is 6.90. The standard InChI is InChI=1S/C15H31NO2/c1-8-15(7,17-9-2)12(16)11-10-13(3,4)18-14(11,5)6/h11-12H,8-10,16H2,1-7H3. The van der Waals surface area contributed by atoms with Crippen LogP contribution in [0.1, 0.15) is 61.3 Å². The van der Waals surface area contributed by atoms with E-state index >= 15 is 0 Å². The van der Waals surface area contributed by atoms with Crippen LogP contribution in [0.15, 0.2) is 0 Å². The average molecular weight is 257 g/mol. The highest BCUT2D eigenvalue weighted by atomic mass is 16.5. The molecule has 108 valence electrons. The van der Waals surface area contributed by atoms with Gasteiger partial charge in [-0.25, -0.2) is 0 Å². The zero-order valence-corrected chi connectivity index (χ0v) is 13.2. The number of rotatable bonds is 5. The van der Waals surface area contributed by atoms with E-state index in [-0.39, 0.29) is 22.8 Å². The first-order chi connectivity index (χ1) is 8.08. The zero-order chi connectivity index (χ0) is 14.2. The van der Waals surface area contributed by atoms with Crippen LogP contribution in [0.3, 0.4) is 0 Å². The summed E-state index contributed by atoms with van der Waals surface area (Å²) in [4.78, 5) is 0. The second-order valence-electron chi connectivity index (χ2n) is 6.90. The third kappa shape index (κ3) is 3.06. The van der Waals surface area contributed by atoms with E-state index in [0.29, 0.717) is 12.5 Å². The lowest BCUT2D eigenvalue weighted by Crippen LogP contribution is -2.55. The minimum atomic E-state index is -0.263. The van der Waals surface area contributed by atoms with Gasteiger partial charge in [0.1, 0.15) is 0 Å². The fourth-order valence-electron chi connectivity index (χ4n) is 3.35. The number of hydrogen-bond donors (Lipinski definition) is 1. The summed E-state index contributed by atoms with van der Waals surface area (Å²) in [5.41, 5.74) is 6.01. The second kappa shape index (κ2) is 5.10. The SMILES string of the molecule is CCOC(C)(CC)C(N)C1CC(C)(C)OC1(C)C. The van der Waals surface area contributed by atoms with Gasteiger partial charge in [-0.15, -0.1) is 0 Å². The first kappa shape index (κ1) is 15.9. The van der Waals surface area contributed by atoms with Crippen molar-refractivity contribution in [2.75, 3.05) is 6.61 Å². The van der Waals surface area contributed by atoms with E-state index < -0.39 is 0 Å². The zero-order valence-electron chi connectivity index (χ0n) is 13.2. The summed E-state index contributed by atoms with van der Waals surface area (Å²) >= 11 is 0. The Kier molecular flexibility index (Phi) is 4.52. The van der Waals surface area contributed by atoms with Crippen molar-refractivity contribution in [2.24, 2.45) is 11.7 Å². The van der Waals surface area contributed by atoms with E-state index in [2.05, 4.69) is 41.5 Å². The maximum Gasteiger partial charge on any atom is 0.0805 e. The maximum atomic E-state index is 6.55. The Hall–Kier alpha value is -0.120. The van der Waals surface area contributed by atoms with Crippen molar-refractivity contribution in [2.45, 2.75) is 84.2 Å². The van der Waals surface area contributed by atoms with Crippen molar-refractivity contribution >= 4 is 0 Å². The lowest BCUT2D eigenvalue weighted by molar-refractivity contribution is -0.101. The normalized spacial score (nSPS) is 31.0. The molecule has 0 saturated carbocycles. The Bertz CT molecular complexity index is 288. The molecule has 3 unspecified atom stereocenters. The topological polar surface area (TPSA) is 44.5 Å². The van der Waals surface area contributed by atoms with Gasteiger partial charge in [-0.1, -0.05) is 6.92 Å². The minimum Gasteiger partial charge on any atom is -0.374 e. The molecule has 1 fully saturated rings. The highest BCUT2D eigenvalue weighted by Gasteiger charge is 2.52. The predicted octanol–water partition coefficient (Wildman–Crippen LogP) is 3.11. The van der Waals surface area contributed by atoms with E-state index in [1.807, 2.05) is 6.92 Å². The van der Waals surface area contributed by atoms with Crippen LogP contribution < -0.4 is 5.73 Å². The first-order valence-electron chi connectivity index (χ1n) is 7.17. The monoisotopic (exact) mass is 257 g/mol. The van der Waals surface area contributed by atoms with Crippen LogP contribution in [-0.2, 0) is 9.47 Å². The highest BCUT2D eigenvalue weighted by molar-refractivity contribution is 5.04. The molecule has 0 amide bonds. The molecule has 1 aliphatic rings. The van der Waals surface area contributed by atoms with Crippen molar-refractivity contribution in [1.29, 1.82) is 0 Å². The van der Waals surface area contributed by atoms with Crippen molar-refractivity contribution in [3.63, 3.8) is 0 Å². The molecule has 0 radical (unpaired) electrons. The Morgan fingerprint density at radius 1 is 1.33 bits per heavy atom. The van der Waals surface area contributed by atoms with Gasteiger partial charge in [0.2, 0.25) is 0 Å². The number of ether oxygens (including phenoxy) is 2. The summed E-state index contributed by atoms with van der Waals surface area (Å²) in [6, 6.07) is -0.000718. The van der Waals surface area contributed by atoms with Crippen molar-refractivity contribution < 1.29 is 9.47 Å². The summed E-state index contributed by atoms with van der Waals surface area (Å²) < 4.78 is 12.1. The first-order valence-corrected chi connectivity index (χ1v) is 7.17. The van der Waals surface area contributed by atoms with E-state index in [9.17, 15) is 0 Å². The van der Waals surface area contributed by atoms with Crippen LogP contribution in [0, 0.1) is 5.92 Å². The van der Waals surface area contributed by atoms with Crippen LogP contribution in [0.4, 0.5) is 0 Å². The van der Waals surface area contributed by atoms with Gasteiger partial charge >= 0.3 is 0 Å². The van der Waals surface area contributed by atoms with Crippen molar-refractivity contribution in [3.8, 4) is 0 Å². The van der Waals surface area contributed by atoms with Gasteiger partial charge in [-0.2, -0.15) is 0 Å². The van der Waals surface area contributed by atoms with Crippen molar-refractivity contribution in [1.82, 2.24) is 0 Å². The summed E-state index contributed by atoms with van der Waals surface area (Å²) in [6.07, 6.45) is 1.92. The molecule has 0 aromatic rings. The molecule has 0 bridgehead atoms. The Morgan fingerprint density at radius 2 is 1.89 bits per heavy atom. The van der Waals surface area contributed by atoms with Crippen LogP contribution in [0.25, 0.3) is 0 Å². The largest absolute Gasteiger partial charge is 0.374 e. The van der Waals surface area contributed by atoms with E-state index in [0.717, 1.165) is 12.8 Å². The fourth-order valence-corrected chi connectivity index (χ4v) is 3.35. The summed E-state index contributed by atoms with van der Waals surface area (Å²) in [5, 5.41) is 0. The summed E-state index contributed by atoms with van der Waals surface area (Å²) in [5.74, 6) is 0.323. The highest BCUT2D eigenvalue weighted by Crippen LogP contribution is 2.45. The lowest BCUT2D eigenvalue weighted by atomic mass is 9.74. The molecule has 18 heavy (non-hydrogen) atoms. The third-order valence-electron chi connectivity index (χ3n) is 4.46. The Labute approximate surface area is 112 Å². The molecule has 2 N–H and O–H groups in total. The molecular weight excluding hydrogens is 226 g/mol. The van der Waals surface area contributed by atoms with Gasteiger partial charge in [-0.3, -0.25) is 0 Å². The third-order valence-corrected chi connectivity index (χ3v) is 4.46. The molecule has 0 aromatic carbocycles. The van der Waals surface area contributed by atoms with E-state index in [1.165, 1.54) is 0 Å². The van der Waals surface area contributed by atoms with Crippen LogP contribution in [0.5, 0.6) is 0 Å². The maximum absolute atomic E-state index is 6.55. The quantitative estimate of drug-likeness (QED) is 0.823. The smallest absolute Gasteiger partial charge is 0.0805 e. The molecule has 1 aliphatic heterocycles. The molecule has 3 nitrogen and oxygen atoms in total. The Morgan fingerprint density at radius 3 is 2.22 bits per heavy atom. The van der Waals surface area contributed by atoms with Crippen molar-refractivity contribution in [3.05, 3.63) is 0 Å². The van der Waals surface area contributed by atoms with Crippen LogP contribution in [0.2, 0.25) is 0 Å². The molecule has 1 rings (SSSR count).